The summed E-state index contributed by atoms with van der Waals surface area (Å²) in [5, 5.41) is 2.93. The molecule has 0 aliphatic carbocycles. The molecule has 36 heavy (non-hydrogen) atoms. The average molecular weight is 586 g/mol. The average Bonchev–Trinajstić information content (AvgIpc) is 3.10. The number of amides is 3. The molecule has 6 nitrogen and oxygen atoms in total. The summed E-state index contributed by atoms with van der Waals surface area (Å²) in [6, 6.07) is 18.3. The van der Waals surface area contributed by atoms with Gasteiger partial charge in [0.05, 0.1) is 4.91 Å². The van der Waals surface area contributed by atoms with Gasteiger partial charge in [-0.2, -0.15) is 0 Å². The van der Waals surface area contributed by atoms with E-state index in [2.05, 4.69) is 21.2 Å². The Morgan fingerprint density at radius 2 is 1.86 bits per heavy atom. The molecule has 3 aromatic carbocycles. The lowest BCUT2D eigenvalue weighted by Gasteiger charge is -2.14. The lowest BCUT2D eigenvalue weighted by Crippen LogP contribution is -2.36. The van der Waals surface area contributed by atoms with Crippen LogP contribution in [0.1, 0.15) is 22.3 Å². The number of nitrogens with one attached hydrogen (secondary N) is 1. The van der Waals surface area contributed by atoms with Gasteiger partial charge in [-0.1, -0.05) is 51.8 Å². The molecule has 9 heteroatoms. The maximum Gasteiger partial charge on any atom is 0.294 e. The van der Waals surface area contributed by atoms with E-state index in [0.717, 1.165) is 37.8 Å². The summed E-state index contributed by atoms with van der Waals surface area (Å²) in [6.45, 7) is 3.79. The minimum absolute atomic E-state index is 0.217. The highest BCUT2D eigenvalue weighted by molar-refractivity contribution is 9.10. The van der Waals surface area contributed by atoms with Gasteiger partial charge in [-0.3, -0.25) is 19.3 Å². The number of carbonyl (C=O) groups is 3. The van der Waals surface area contributed by atoms with Crippen LogP contribution in [0, 0.1) is 13.8 Å². The molecule has 0 unspecified atom stereocenters. The number of anilines is 1. The number of benzene rings is 3. The van der Waals surface area contributed by atoms with E-state index in [1.165, 1.54) is 0 Å². The van der Waals surface area contributed by atoms with Crippen molar-refractivity contribution < 1.29 is 19.1 Å². The summed E-state index contributed by atoms with van der Waals surface area (Å²) in [7, 11) is 0. The van der Waals surface area contributed by atoms with Crippen molar-refractivity contribution in [3.05, 3.63) is 97.3 Å². The van der Waals surface area contributed by atoms with E-state index in [4.69, 9.17) is 16.3 Å². The van der Waals surface area contributed by atoms with Gasteiger partial charge in [0.2, 0.25) is 5.91 Å². The summed E-state index contributed by atoms with van der Waals surface area (Å²) in [6.07, 6.45) is 1.61. The predicted molar refractivity (Wildman–Crippen MR) is 147 cm³/mol. The first-order chi connectivity index (χ1) is 17.2. The molecule has 1 fully saturated rings. The van der Waals surface area contributed by atoms with Crippen molar-refractivity contribution in [3.8, 4) is 5.75 Å². The second-order valence-corrected chi connectivity index (χ2v) is 10.5. The largest absolute Gasteiger partial charge is 0.488 e. The number of thioether (sulfide) groups is 1. The van der Waals surface area contributed by atoms with E-state index in [1.54, 1.807) is 36.4 Å². The lowest BCUT2D eigenvalue weighted by molar-refractivity contribution is -0.127. The molecule has 3 aromatic rings. The molecule has 1 saturated heterocycles. The molecule has 0 radical (unpaired) electrons. The van der Waals surface area contributed by atoms with Crippen LogP contribution in [0.2, 0.25) is 5.02 Å². The van der Waals surface area contributed by atoms with Crippen molar-refractivity contribution in [1.82, 2.24) is 4.90 Å². The van der Waals surface area contributed by atoms with Crippen LogP contribution >= 0.6 is 39.3 Å². The number of ether oxygens (including phenoxy) is 1. The summed E-state index contributed by atoms with van der Waals surface area (Å²) in [4.78, 5) is 39.4. The summed E-state index contributed by atoms with van der Waals surface area (Å²) < 4.78 is 6.77. The Balaban J connectivity index is 1.48. The quantitative estimate of drug-likeness (QED) is 0.303. The van der Waals surface area contributed by atoms with Gasteiger partial charge in [0.15, 0.2) is 0 Å². The zero-order valence-corrected chi connectivity index (χ0v) is 22.7. The molecule has 1 aliphatic rings. The number of aryl methyl sites for hydroxylation is 1. The number of nitrogens with zero attached hydrogens (tertiary/aromatic N) is 1. The number of hydrogen-bond donors (Lipinski definition) is 1. The molecule has 1 N–H and O–H groups in total. The van der Waals surface area contributed by atoms with Crippen molar-refractivity contribution in [2.75, 3.05) is 11.9 Å². The van der Waals surface area contributed by atoms with E-state index in [1.807, 2.05) is 44.2 Å². The molecule has 0 saturated carbocycles. The first kappa shape index (κ1) is 26.0. The Hall–Kier alpha value is -3.07. The number of rotatable bonds is 7. The molecule has 1 aliphatic heterocycles. The first-order valence-corrected chi connectivity index (χ1v) is 13.0. The third kappa shape index (κ3) is 6.19. The molecule has 3 amide bonds. The fourth-order valence-electron chi connectivity index (χ4n) is 3.50. The molecule has 1 heterocycles. The molecular weight excluding hydrogens is 564 g/mol. The van der Waals surface area contributed by atoms with E-state index < -0.39 is 17.1 Å². The van der Waals surface area contributed by atoms with Crippen LogP contribution in [0.3, 0.4) is 0 Å². The van der Waals surface area contributed by atoms with Gasteiger partial charge in [-0.05, 0) is 84.8 Å². The van der Waals surface area contributed by atoms with Crippen molar-refractivity contribution in [3.63, 3.8) is 0 Å². The topological polar surface area (TPSA) is 75.7 Å². The van der Waals surface area contributed by atoms with Gasteiger partial charge in [-0.15, -0.1) is 0 Å². The zero-order chi connectivity index (χ0) is 25.8. The van der Waals surface area contributed by atoms with Crippen molar-refractivity contribution in [2.45, 2.75) is 20.5 Å². The predicted octanol–water partition coefficient (Wildman–Crippen LogP) is 6.97. The minimum Gasteiger partial charge on any atom is -0.488 e. The third-order valence-electron chi connectivity index (χ3n) is 5.62. The van der Waals surface area contributed by atoms with Gasteiger partial charge < -0.3 is 10.1 Å². The zero-order valence-electron chi connectivity index (χ0n) is 19.5. The Bertz CT molecular complexity index is 1370. The number of carbonyl (C=O) groups excluding carboxylic acids is 3. The van der Waals surface area contributed by atoms with Gasteiger partial charge in [0.1, 0.15) is 18.9 Å². The third-order valence-corrected chi connectivity index (χ3v) is 7.27. The molecule has 0 bridgehead atoms. The molecule has 184 valence electrons. The second-order valence-electron chi connectivity index (χ2n) is 8.16. The maximum atomic E-state index is 13.0. The number of imide groups is 1. The SMILES string of the molecule is Cc1cccc(NC(=O)CN2C(=O)S/C(=C/c3cc(Br)ccc3OCc3ccc(Cl)cc3)C2=O)c1C. The summed E-state index contributed by atoms with van der Waals surface area (Å²) >= 11 is 10.2. The van der Waals surface area contributed by atoms with Crippen LogP contribution in [-0.2, 0) is 16.2 Å². The van der Waals surface area contributed by atoms with E-state index in [-0.39, 0.29) is 11.4 Å². The highest BCUT2D eigenvalue weighted by Gasteiger charge is 2.36. The van der Waals surface area contributed by atoms with E-state index >= 15 is 0 Å². The highest BCUT2D eigenvalue weighted by Crippen LogP contribution is 2.35. The van der Waals surface area contributed by atoms with Gasteiger partial charge in [0.25, 0.3) is 11.1 Å². The van der Waals surface area contributed by atoms with Gasteiger partial charge in [0, 0.05) is 20.7 Å². The van der Waals surface area contributed by atoms with Crippen molar-refractivity contribution in [2.24, 2.45) is 0 Å². The highest BCUT2D eigenvalue weighted by atomic mass is 79.9. The molecule has 0 aromatic heterocycles. The Kier molecular flexibility index (Phi) is 8.18. The van der Waals surface area contributed by atoms with Gasteiger partial charge >= 0.3 is 0 Å². The van der Waals surface area contributed by atoms with Crippen LogP contribution in [0.25, 0.3) is 6.08 Å². The molecule has 0 atom stereocenters. The summed E-state index contributed by atoms with van der Waals surface area (Å²) in [5.41, 5.74) is 4.18. The fraction of sp³-hybridized carbons (Fsp3) is 0.148. The smallest absolute Gasteiger partial charge is 0.294 e. The van der Waals surface area contributed by atoms with Crippen LogP contribution in [0.5, 0.6) is 5.75 Å². The minimum atomic E-state index is -0.523. The molecule has 0 spiro atoms. The normalized spacial score (nSPS) is 14.4. The standard InChI is InChI=1S/C27H22BrClN2O4S/c1-16-4-3-5-22(17(16)2)30-25(32)14-31-26(33)24(36-27(31)34)13-19-12-20(28)8-11-23(19)35-15-18-6-9-21(29)10-7-18/h3-13H,14-15H2,1-2H3,(H,30,32)/b24-13+. The van der Waals surface area contributed by atoms with Crippen molar-refractivity contribution in [1.29, 1.82) is 0 Å². The summed E-state index contributed by atoms with van der Waals surface area (Å²) in [5.74, 6) is -0.418. The first-order valence-electron chi connectivity index (χ1n) is 11.0. The molecule has 4 rings (SSSR count). The van der Waals surface area contributed by atoms with Crippen LogP contribution < -0.4 is 10.1 Å². The molecular formula is C27H22BrClN2O4S. The van der Waals surface area contributed by atoms with Gasteiger partial charge in [-0.25, -0.2) is 0 Å². The lowest BCUT2D eigenvalue weighted by atomic mass is 10.1. The monoisotopic (exact) mass is 584 g/mol. The Morgan fingerprint density at radius 3 is 2.61 bits per heavy atom. The van der Waals surface area contributed by atoms with Crippen molar-refractivity contribution >= 4 is 68.1 Å². The van der Waals surface area contributed by atoms with E-state index in [9.17, 15) is 14.4 Å². The van der Waals surface area contributed by atoms with E-state index in [0.29, 0.717) is 28.6 Å². The number of halogens is 2. The van der Waals surface area contributed by atoms with Crippen LogP contribution in [-0.4, -0.2) is 28.5 Å². The Morgan fingerprint density at radius 1 is 1.11 bits per heavy atom. The number of hydrogen-bond acceptors (Lipinski definition) is 5. The Labute approximate surface area is 226 Å². The van der Waals surface area contributed by atoms with Crippen LogP contribution in [0.15, 0.2) is 70.0 Å². The fourth-order valence-corrected chi connectivity index (χ4v) is 4.84. The van der Waals surface area contributed by atoms with Crippen LogP contribution in [0.4, 0.5) is 10.5 Å². The second kappa shape index (κ2) is 11.3. The maximum absolute atomic E-state index is 13.0.